The molecule has 0 aliphatic rings. The predicted molar refractivity (Wildman–Crippen MR) is 65.6 cm³/mol. The summed E-state index contributed by atoms with van der Waals surface area (Å²) in [5, 5.41) is 3.09. The van der Waals surface area contributed by atoms with E-state index in [9.17, 15) is 9.59 Å². The Labute approximate surface area is 105 Å². The first-order valence-corrected chi connectivity index (χ1v) is 5.65. The summed E-state index contributed by atoms with van der Waals surface area (Å²) in [6, 6.07) is 4.67. The average molecular weight is 256 g/mol. The Bertz CT molecular complexity index is 420. The van der Waals surface area contributed by atoms with Crippen molar-refractivity contribution in [1.29, 1.82) is 0 Å². The molecule has 0 spiro atoms. The summed E-state index contributed by atoms with van der Waals surface area (Å²) in [6.45, 7) is 3.98. The van der Waals surface area contributed by atoms with E-state index in [2.05, 4.69) is 5.32 Å². The number of aldehydes is 1. The highest BCUT2D eigenvalue weighted by atomic mass is 35.5. The normalized spacial score (nSPS) is 11.7. The highest BCUT2D eigenvalue weighted by Gasteiger charge is 2.15. The van der Waals surface area contributed by atoms with Gasteiger partial charge in [-0.2, -0.15) is 0 Å². The van der Waals surface area contributed by atoms with Crippen LogP contribution in [0.1, 0.15) is 24.2 Å². The monoisotopic (exact) mass is 255 g/mol. The minimum atomic E-state index is -0.658. The van der Waals surface area contributed by atoms with E-state index in [-0.39, 0.29) is 5.91 Å². The molecule has 5 heteroatoms. The van der Waals surface area contributed by atoms with Crippen LogP contribution < -0.4 is 10.1 Å². The third-order valence-electron chi connectivity index (χ3n) is 2.12. The van der Waals surface area contributed by atoms with Crippen LogP contribution in [0.5, 0.6) is 5.75 Å². The number of hydrogen-bond donors (Lipinski definition) is 1. The van der Waals surface area contributed by atoms with Gasteiger partial charge < -0.3 is 10.1 Å². The average Bonchev–Trinajstić information content (AvgIpc) is 2.31. The molecule has 1 amide bonds. The van der Waals surface area contributed by atoms with Crippen LogP contribution in [0.4, 0.5) is 0 Å². The van der Waals surface area contributed by atoms with Gasteiger partial charge >= 0.3 is 0 Å². The fraction of sp³-hybridized carbons (Fsp3) is 0.333. The molecule has 1 N–H and O–H groups in total. The Morgan fingerprint density at radius 3 is 2.88 bits per heavy atom. The lowest BCUT2D eigenvalue weighted by atomic mass is 10.2. The first-order valence-electron chi connectivity index (χ1n) is 5.27. The minimum Gasteiger partial charge on any atom is -0.480 e. The molecule has 92 valence electrons. The summed E-state index contributed by atoms with van der Waals surface area (Å²) in [7, 11) is 0. The summed E-state index contributed by atoms with van der Waals surface area (Å²) in [6.07, 6.45) is -0.0131. The van der Waals surface area contributed by atoms with Gasteiger partial charge in [0.2, 0.25) is 0 Å². The van der Waals surface area contributed by atoms with Crippen molar-refractivity contribution in [2.75, 3.05) is 6.54 Å². The van der Waals surface area contributed by atoms with Gasteiger partial charge in [-0.3, -0.25) is 9.59 Å². The molecule has 4 nitrogen and oxygen atoms in total. The highest BCUT2D eigenvalue weighted by Crippen LogP contribution is 2.22. The fourth-order valence-electron chi connectivity index (χ4n) is 1.28. The molecule has 0 aromatic heterocycles. The van der Waals surface area contributed by atoms with Gasteiger partial charge in [0.1, 0.15) is 5.75 Å². The van der Waals surface area contributed by atoms with E-state index in [0.29, 0.717) is 29.2 Å². The third kappa shape index (κ3) is 3.75. The number of hydrogen-bond acceptors (Lipinski definition) is 3. The van der Waals surface area contributed by atoms with E-state index in [1.807, 2.05) is 6.92 Å². The van der Waals surface area contributed by atoms with Gasteiger partial charge in [0.25, 0.3) is 5.91 Å². The Hall–Kier alpha value is -1.55. The van der Waals surface area contributed by atoms with Gasteiger partial charge in [-0.15, -0.1) is 0 Å². The summed E-state index contributed by atoms with van der Waals surface area (Å²) in [5.74, 6) is 0.127. The Morgan fingerprint density at radius 1 is 1.59 bits per heavy atom. The molecular formula is C12H14ClNO3. The van der Waals surface area contributed by atoms with Crippen molar-refractivity contribution in [3.8, 4) is 5.75 Å². The summed E-state index contributed by atoms with van der Waals surface area (Å²) < 4.78 is 5.40. The van der Waals surface area contributed by atoms with Gasteiger partial charge in [0, 0.05) is 11.6 Å². The number of carbonyl (C=O) groups is 2. The summed E-state index contributed by atoms with van der Waals surface area (Å²) >= 11 is 5.75. The number of ether oxygens (including phenoxy) is 1. The van der Waals surface area contributed by atoms with Crippen LogP contribution in [0.2, 0.25) is 5.02 Å². The van der Waals surface area contributed by atoms with E-state index in [1.54, 1.807) is 19.1 Å². The molecule has 0 saturated carbocycles. The third-order valence-corrected chi connectivity index (χ3v) is 2.36. The van der Waals surface area contributed by atoms with Crippen LogP contribution in [0.15, 0.2) is 18.2 Å². The number of nitrogens with one attached hydrogen (secondary N) is 1. The van der Waals surface area contributed by atoms with Gasteiger partial charge in [0.15, 0.2) is 12.4 Å². The molecule has 0 saturated heterocycles. The van der Waals surface area contributed by atoms with E-state index in [4.69, 9.17) is 16.3 Å². The van der Waals surface area contributed by atoms with Gasteiger partial charge in [0.05, 0.1) is 5.56 Å². The molecule has 0 bridgehead atoms. The maximum atomic E-state index is 11.5. The van der Waals surface area contributed by atoms with Crippen molar-refractivity contribution >= 4 is 23.8 Å². The lowest BCUT2D eigenvalue weighted by Gasteiger charge is -2.15. The van der Waals surface area contributed by atoms with Crippen molar-refractivity contribution in [1.82, 2.24) is 5.32 Å². The number of carbonyl (C=O) groups excluding carboxylic acids is 2. The zero-order valence-corrected chi connectivity index (χ0v) is 10.5. The maximum absolute atomic E-state index is 11.5. The maximum Gasteiger partial charge on any atom is 0.260 e. The fourth-order valence-corrected chi connectivity index (χ4v) is 1.46. The summed E-state index contributed by atoms with van der Waals surface area (Å²) in [5.41, 5.74) is 0.327. The van der Waals surface area contributed by atoms with Crippen LogP contribution >= 0.6 is 11.6 Å². The van der Waals surface area contributed by atoms with Crippen molar-refractivity contribution < 1.29 is 14.3 Å². The Morgan fingerprint density at radius 2 is 2.29 bits per heavy atom. The number of amides is 1. The standard InChI is InChI=1S/C12H14ClNO3/c1-3-14-12(16)8(2)17-11-5-4-10(13)6-9(11)7-15/h4-8H,3H2,1-2H3,(H,14,16). The molecule has 1 atom stereocenters. The Kier molecular flexibility index (Phi) is 4.97. The molecule has 1 aromatic carbocycles. The van der Waals surface area contributed by atoms with Crippen LogP contribution in [0.25, 0.3) is 0 Å². The zero-order valence-electron chi connectivity index (χ0n) is 9.70. The smallest absolute Gasteiger partial charge is 0.260 e. The zero-order chi connectivity index (χ0) is 12.8. The van der Waals surface area contributed by atoms with Crippen LogP contribution in [-0.4, -0.2) is 24.8 Å². The van der Waals surface area contributed by atoms with Crippen molar-refractivity contribution in [3.63, 3.8) is 0 Å². The number of rotatable bonds is 5. The number of likely N-dealkylation sites (N-methyl/N-ethyl adjacent to an activating group) is 1. The largest absolute Gasteiger partial charge is 0.480 e. The van der Waals surface area contributed by atoms with Gasteiger partial charge in [-0.1, -0.05) is 11.6 Å². The minimum absolute atomic E-state index is 0.223. The molecule has 1 aromatic rings. The Balaban J connectivity index is 2.80. The molecular weight excluding hydrogens is 242 g/mol. The van der Waals surface area contributed by atoms with Crippen molar-refractivity contribution in [2.24, 2.45) is 0 Å². The second-order valence-electron chi connectivity index (χ2n) is 3.45. The summed E-state index contributed by atoms with van der Waals surface area (Å²) in [4.78, 5) is 22.3. The lowest BCUT2D eigenvalue weighted by Crippen LogP contribution is -2.36. The highest BCUT2D eigenvalue weighted by molar-refractivity contribution is 6.30. The van der Waals surface area contributed by atoms with Crippen LogP contribution in [0.3, 0.4) is 0 Å². The van der Waals surface area contributed by atoms with Gasteiger partial charge in [-0.05, 0) is 32.0 Å². The lowest BCUT2D eigenvalue weighted by molar-refractivity contribution is -0.127. The van der Waals surface area contributed by atoms with E-state index < -0.39 is 6.10 Å². The topological polar surface area (TPSA) is 55.4 Å². The quantitative estimate of drug-likeness (QED) is 0.820. The van der Waals surface area contributed by atoms with E-state index in [1.165, 1.54) is 6.07 Å². The second-order valence-corrected chi connectivity index (χ2v) is 3.89. The molecule has 1 rings (SSSR count). The number of halogens is 1. The molecule has 0 aliphatic carbocycles. The molecule has 0 heterocycles. The number of benzene rings is 1. The van der Waals surface area contributed by atoms with Crippen LogP contribution in [0, 0.1) is 0 Å². The SMILES string of the molecule is CCNC(=O)C(C)Oc1ccc(Cl)cc1C=O. The van der Waals surface area contributed by atoms with Crippen molar-refractivity contribution in [3.05, 3.63) is 28.8 Å². The van der Waals surface area contributed by atoms with Crippen molar-refractivity contribution in [2.45, 2.75) is 20.0 Å². The molecule has 17 heavy (non-hydrogen) atoms. The molecule has 1 unspecified atom stereocenters. The predicted octanol–water partition coefficient (Wildman–Crippen LogP) is 2.06. The molecule has 0 aliphatic heterocycles. The molecule has 0 radical (unpaired) electrons. The van der Waals surface area contributed by atoms with E-state index in [0.717, 1.165) is 0 Å². The second kappa shape index (κ2) is 6.25. The van der Waals surface area contributed by atoms with E-state index >= 15 is 0 Å². The van der Waals surface area contributed by atoms with Crippen LogP contribution in [-0.2, 0) is 4.79 Å². The molecule has 0 fully saturated rings. The first-order chi connectivity index (χ1) is 8.08. The van der Waals surface area contributed by atoms with Gasteiger partial charge in [-0.25, -0.2) is 0 Å². The first kappa shape index (κ1) is 13.5.